The highest BCUT2D eigenvalue weighted by molar-refractivity contribution is 6.44. The second-order valence-corrected chi connectivity index (χ2v) is 3.86. The number of halogens is 1. The quantitative estimate of drug-likeness (QED) is 0.641. The number of amides is 1. The van der Waals surface area contributed by atoms with E-state index in [9.17, 15) is 4.79 Å². The minimum atomic E-state index is -0.0743. The maximum Gasteiger partial charge on any atom is 0.270 e. The second kappa shape index (κ2) is 3.62. The summed E-state index contributed by atoms with van der Waals surface area (Å²) < 4.78 is 0. The van der Waals surface area contributed by atoms with E-state index in [0.717, 1.165) is 30.5 Å². The molecule has 0 unspecified atom stereocenters. The number of hydrogen-bond acceptors (Lipinski definition) is 1. The summed E-state index contributed by atoms with van der Waals surface area (Å²) in [4.78, 5) is 13.4. The molecule has 2 aliphatic rings. The molecule has 0 N–H and O–H groups in total. The second-order valence-electron chi connectivity index (χ2n) is 3.48. The zero-order valence-electron chi connectivity index (χ0n) is 7.92. The monoisotopic (exact) mass is 209 g/mol. The predicted molar refractivity (Wildman–Crippen MR) is 56.7 cm³/mol. The Bertz CT molecular complexity index is 354. The van der Waals surface area contributed by atoms with Crippen molar-refractivity contribution in [3.8, 4) is 0 Å². The van der Waals surface area contributed by atoms with Gasteiger partial charge < -0.3 is 4.90 Å². The molecule has 14 heavy (non-hydrogen) atoms. The lowest BCUT2D eigenvalue weighted by atomic mass is 10.00. The fourth-order valence-corrected chi connectivity index (χ4v) is 2.22. The molecular weight excluding hydrogens is 198 g/mol. The number of nitrogens with zero attached hydrogens (tertiary/aromatic N) is 1. The van der Waals surface area contributed by atoms with Gasteiger partial charge in [0.25, 0.3) is 5.91 Å². The summed E-state index contributed by atoms with van der Waals surface area (Å²) >= 11 is 5.98. The Morgan fingerprint density at radius 3 is 3.14 bits per heavy atom. The molecule has 3 heteroatoms. The fraction of sp³-hybridized carbons (Fsp3) is 0.364. The van der Waals surface area contributed by atoms with Gasteiger partial charge in [0, 0.05) is 12.2 Å². The summed E-state index contributed by atoms with van der Waals surface area (Å²) in [5.41, 5.74) is 2.02. The highest BCUT2D eigenvalue weighted by Crippen LogP contribution is 2.37. The summed E-state index contributed by atoms with van der Waals surface area (Å²) in [7, 11) is 0. The summed E-state index contributed by atoms with van der Waals surface area (Å²) in [6.07, 6.45) is 6.86. The molecule has 0 bridgehead atoms. The van der Waals surface area contributed by atoms with Crippen LogP contribution in [0.1, 0.15) is 19.3 Å². The van der Waals surface area contributed by atoms with Crippen LogP contribution in [-0.2, 0) is 4.79 Å². The topological polar surface area (TPSA) is 20.3 Å². The van der Waals surface area contributed by atoms with E-state index in [4.69, 9.17) is 11.6 Å². The van der Waals surface area contributed by atoms with Crippen LogP contribution < -0.4 is 0 Å². The van der Waals surface area contributed by atoms with Crippen molar-refractivity contribution in [1.82, 2.24) is 4.90 Å². The van der Waals surface area contributed by atoms with Gasteiger partial charge in [-0.15, -0.1) is 6.58 Å². The van der Waals surface area contributed by atoms with Crippen molar-refractivity contribution in [2.45, 2.75) is 19.3 Å². The molecule has 0 saturated carbocycles. The lowest BCUT2D eigenvalue weighted by Gasteiger charge is -2.20. The summed E-state index contributed by atoms with van der Waals surface area (Å²) in [5.74, 6) is -0.0743. The SMILES string of the molecule is C=CCN1C(=O)C(Cl)=C2CCCC=C21. The van der Waals surface area contributed by atoms with E-state index in [0.29, 0.717) is 11.6 Å². The van der Waals surface area contributed by atoms with Crippen LogP contribution in [0.15, 0.2) is 35.0 Å². The molecule has 0 spiro atoms. The fourth-order valence-electron chi connectivity index (χ4n) is 1.93. The van der Waals surface area contributed by atoms with Crippen LogP contribution in [0.25, 0.3) is 0 Å². The van der Waals surface area contributed by atoms with Crippen molar-refractivity contribution >= 4 is 17.5 Å². The zero-order chi connectivity index (χ0) is 10.1. The third-order valence-corrected chi connectivity index (χ3v) is 2.97. The number of rotatable bonds is 2. The van der Waals surface area contributed by atoms with Crippen molar-refractivity contribution in [2.75, 3.05) is 6.54 Å². The summed E-state index contributed by atoms with van der Waals surface area (Å²) in [6, 6.07) is 0. The van der Waals surface area contributed by atoms with E-state index in [2.05, 4.69) is 12.7 Å². The van der Waals surface area contributed by atoms with Crippen LogP contribution in [0.5, 0.6) is 0 Å². The van der Waals surface area contributed by atoms with Gasteiger partial charge in [-0.2, -0.15) is 0 Å². The lowest BCUT2D eigenvalue weighted by Crippen LogP contribution is -2.25. The lowest BCUT2D eigenvalue weighted by molar-refractivity contribution is -0.123. The molecule has 1 heterocycles. The van der Waals surface area contributed by atoms with Crippen LogP contribution in [-0.4, -0.2) is 17.4 Å². The number of fused-ring (bicyclic) bond motifs is 1. The van der Waals surface area contributed by atoms with Gasteiger partial charge in [-0.05, 0) is 24.8 Å². The van der Waals surface area contributed by atoms with Gasteiger partial charge in [-0.3, -0.25) is 4.79 Å². The normalized spacial score (nSPS) is 21.1. The van der Waals surface area contributed by atoms with Crippen LogP contribution in [0.2, 0.25) is 0 Å². The van der Waals surface area contributed by atoms with Crippen LogP contribution in [0, 0.1) is 0 Å². The maximum absolute atomic E-state index is 11.7. The van der Waals surface area contributed by atoms with Gasteiger partial charge in [0.1, 0.15) is 5.03 Å². The van der Waals surface area contributed by atoms with Crippen LogP contribution in [0.3, 0.4) is 0 Å². The molecule has 74 valence electrons. The molecule has 0 aromatic rings. The average Bonchev–Trinajstić information content (AvgIpc) is 2.45. The molecule has 0 saturated heterocycles. The largest absolute Gasteiger partial charge is 0.304 e. The van der Waals surface area contributed by atoms with Crippen molar-refractivity contribution in [2.24, 2.45) is 0 Å². The Morgan fingerprint density at radius 2 is 2.43 bits per heavy atom. The Hall–Kier alpha value is -1.02. The number of allylic oxidation sites excluding steroid dienone is 2. The minimum Gasteiger partial charge on any atom is -0.304 e. The molecule has 2 nitrogen and oxygen atoms in total. The van der Waals surface area contributed by atoms with Gasteiger partial charge in [0.15, 0.2) is 0 Å². The number of carbonyl (C=O) groups is 1. The minimum absolute atomic E-state index is 0.0743. The van der Waals surface area contributed by atoms with E-state index >= 15 is 0 Å². The van der Waals surface area contributed by atoms with Crippen LogP contribution >= 0.6 is 11.6 Å². The number of carbonyl (C=O) groups excluding carboxylic acids is 1. The standard InChI is InChI=1S/C11H12ClNO/c1-2-7-13-9-6-4-3-5-8(9)10(12)11(13)14/h2,6H,1,3-5,7H2. The van der Waals surface area contributed by atoms with E-state index in [1.54, 1.807) is 11.0 Å². The van der Waals surface area contributed by atoms with E-state index in [-0.39, 0.29) is 5.91 Å². The van der Waals surface area contributed by atoms with Gasteiger partial charge in [-0.1, -0.05) is 23.8 Å². The van der Waals surface area contributed by atoms with Crippen molar-refractivity contribution in [1.29, 1.82) is 0 Å². The molecule has 0 fully saturated rings. The van der Waals surface area contributed by atoms with Gasteiger partial charge >= 0.3 is 0 Å². The molecule has 1 aliphatic carbocycles. The van der Waals surface area contributed by atoms with Gasteiger partial charge in [0.05, 0.1) is 0 Å². The molecule has 0 radical (unpaired) electrons. The van der Waals surface area contributed by atoms with Crippen molar-refractivity contribution < 1.29 is 4.79 Å². The average molecular weight is 210 g/mol. The number of hydrogen-bond donors (Lipinski definition) is 0. The molecular formula is C11H12ClNO. The van der Waals surface area contributed by atoms with Gasteiger partial charge in [-0.25, -0.2) is 0 Å². The Labute approximate surface area is 88.5 Å². The Morgan fingerprint density at radius 1 is 1.64 bits per heavy atom. The first-order valence-corrected chi connectivity index (χ1v) is 5.15. The van der Waals surface area contributed by atoms with E-state index in [1.807, 2.05) is 0 Å². The first-order valence-electron chi connectivity index (χ1n) is 4.77. The highest BCUT2D eigenvalue weighted by Gasteiger charge is 2.33. The zero-order valence-corrected chi connectivity index (χ0v) is 8.68. The third kappa shape index (κ3) is 1.30. The molecule has 1 aliphatic heterocycles. The smallest absolute Gasteiger partial charge is 0.270 e. The third-order valence-electron chi connectivity index (χ3n) is 2.58. The Kier molecular flexibility index (Phi) is 2.46. The predicted octanol–water partition coefficient (Wildman–Crippen LogP) is 2.58. The molecule has 0 aromatic heterocycles. The first-order chi connectivity index (χ1) is 6.75. The molecule has 1 amide bonds. The highest BCUT2D eigenvalue weighted by atomic mass is 35.5. The first kappa shape index (κ1) is 9.53. The molecule has 2 rings (SSSR count). The maximum atomic E-state index is 11.7. The van der Waals surface area contributed by atoms with Crippen LogP contribution in [0.4, 0.5) is 0 Å². The van der Waals surface area contributed by atoms with Crippen molar-refractivity contribution in [3.63, 3.8) is 0 Å². The summed E-state index contributed by atoms with van der Waals surface area (Å²) in [6.45, 7) is 4.18. The van der Waals surface area contributed by atoms with Gasteiger partial charge in [0.2, 0.25) is 0 Å². The van der Waals surface area contributed by atoms with E-state index in [1.165, 1.54) is 0 Å². The van der Waals surface area contributed by atoms with E-state index < -0.39 is 0 Å². The Balaban J connectivity index is 2.38. The molecule has 0 atom stereocenters. The molecule has 0 aromatic carbocycles. The summed E-state index contributed by atoms with van der Waals surface area (Å²) in [5, 5.41) is 0.401. The van der Waals surface area contributed by atoms with Crippen molar-refractivity contribution in [3.05, 3.63) is 35.0 Å².